The first-order valence-corrected chi connectivity index (χ1v) is 10.9. The van der Waals surface area contributed by atoms with E-state index in [-0.39, 0.29) is 5.92 Å². The highest BCUT2D eigenvalue weighted by Crippen LogP contribution is 2.47. The zero-order valence-corrected chi connectivity index (χ0v) is 17.1. The van der Waals surface area contributed by atoms with E-state index in [0.717, 1.165) is 25.9 Å². The average Bonchev–Trinajstić information content (AvgIpc) is 2.79. The molecule has 0 aromatic heterocycles. The normalized spacial score (nSPS) is 21.3. The van der Waals surface area contributed by atoms with Gasteiger partial charge in [-0.3, -0.25) is 4.79 Å². The van der Waals surface area contributed by atoms with E-state index in [1.165, 1.54) is 27.9 Å². The van der Waals surface area contributed by atoms with Crippen molar-refractivity contribution in [3.05, 3.63) is 95.1 Å². The van der Waals surface area contributed by atoms with E-state index in [2.05, 4.69) is 65.6 Å². The number of carbonyl (C=O) groups is 1. The third-order valence-corrected chi connectivity index (χ3v) is 6.75. The Morgan fingerprint density at radius 3 is 2.27 bits per heavy atom. The number of hydrogen-bond acceptors (Lipinski definition) is 3. The Kier molecular flexibility index (Phi) is 5.04. The highest BCUT2D eigenvalue weighted by molar-refractivity contribution is 5.81. The van der Waals surface area contributed by atoms with Gasteiger partial charge in [0.2, 0.25) is 0 Å². The van der Waals surface area contributed by atoms with Crippen LogP contribution in [0.1, 0.15) is 53.4 Å². The molecule has 0 spiro atoms. The molecule has 0 unspecified atom stereocenters. The molecule has 5 rings (SSSR count). The van der Waals surface area contributed by atoms with Crippen LogP contribution in [0.2, 0.25) is 0 Å². The number of Topliss-reactive ketones (excluding diaryl/α,β-unsaturated/α-hetero) is 1. The molecule has 1 aliphatic carbocycles. The smallest absolute Gasteiger partial charge is 0.136 e. The van der Waals surface area contributed by atoms with E-state index in [1.807, 2.05) is 12.1 Å². The fourth-order valence-electron chi connectivity index (χ4n) is 5.18. The van der Waals surface area contributed by atoms with Crippen molar-refractivity contribution in [2.24, 2.45) is 0 Å². The minimum atomic E-state index is 0.272. The van der Waals surface area contributed by atoms with Gasteiger partial charge in [0.1, 0.15) is 11.5 Å². The highest BCUT2D eigenvalue weighted by atomic mass is 16.3. The Morgan fingerprint density at radius 1 is 0.800 bits per heavy atom. The van der Waals surface area contributed by atoms with Crippen molar-refractivity contribution >= 4 is 11.5 Å². The fraction of sp³-hybridized carbons (Fsp3) is 0.296. The summed E-state index contributed by atoms with van der Waals surface area (Å²) in [6, 6.07) is 25.6. The number of fused-ring (bicyclic) bond motifs is 1. The van der Waals surface area contributed by atoms with Crippen LogP contribution in [0.5, 0.6) is 5.75 Å². The second-order valence-electron chi connectivity index (χ2n) is 8.53. The van der Waals surface area contributed by atoms with Gasteiger partial charge < -0.3 is 10.0 Å². The van der Waals surface area contributed by atoms with Gasteiger partial charge in [-0.2, -0.15) is 0 Å². The lowest BCUT2D eigenvalue weighted by molar-refractivity contribution is -0.119. The Hall–Kier alpha value is -3.07. The monoisotopic (exact) mass is 397 g/mol. The number of phenols is 1. The molecule has 3 aromatic rings. The van der Waals surface area contributed by atoms with Crippen molar-refractivity contribution < 1.29 is 9.90 Å². The second kappa shape index (κ2) is 7.98. The Morgan fingerprint density at radius 2 is 1.53 bits per heavy atom. The number of carbonyl (C=O) groups excluding carboxylic acids is 1. The van der Waals surface area contributed by atoms with Crippen molar-refractivity contribution in [2.75, 3.05) is 18.0 Å². The standard InChI is InChI=1S/C27H27NO2/c29-23-14-16-28(17-15-23)22-9-6-20(7-10-22)27-25(19-4-2-1-3-5-19)12-8-21-18-24(30)11-13-26(21)27/h1-7,9-11,13,18,25,27,30H,8,12,14-17H2/t25-,27+/m1/s1. The molecule has 152 valence electrons. The van der Waals surface area contributed by atoms with Crippen LogP contribution in [0, 0.1) is 0 Å². The van der Waals surface area contributed by atoms with Gasteiger partial charge in [-0.15, -0.1) is 0 Å². The summed E-state index contributed by atoms with van der Waals surface area (Å²) in [5.41, 5.74) is 6.46. The summed E-state index contributed by atoms with van der Waals surface area (Å²) < 4.78 is 0. The topological polar surface area (TPSA) is 40.5 Å². The molecule has 3 aromatic carbocycles. The van der Waals surface area contributed by atoms with Crippen LogP contribution in [-0.4, -0.2) is 24.0 Å². The van der Waals surface area contributed by atoms with Crippen LogP contribution in [0.3, 0.4) is 0 Å². The largest absolute Gasteiger partial charge is 0.508 e. The number of piperidine rings is 1. The number of anilines is 1. The van der Waals surface area contributed by atoms with Crippen LogP contribution >= 0.6 is 0 Å². The maximum Gasteiger partial charge on any atom is 0.136 e. The van der Waals surface area contributed by atoms with E-state index >= 15 is 0 Å². The molecule has 2 atom stereocenters. The van der Waals surface area contributed by atoms with Crippen molar-refractivity contribution in [1.82, 2.24) is 0 Å². The van der Waals surface area contributed by atoms with E-state index < -0.39 is 0 Å². The van der Waals surface area contributed by atoms with Gasteiger partial charge in [-0.05, 0) is 65.3 Å². The lowest BCUT2D eigenvalue weighted by atomic mass is 9.69. The zero-order valence-electron chi connectivity index (χ0n) is 17.1. The van der Waals surface area contributed by atoms with Crippen LogP contribution in [0.15, 0.2) is 72.8 Å². The van der Waals surface area contributed by atoms with Crippen LogP contribution < -0.4 is 4.90 Å². The number of aryl methyl sites for hydroxylation is 1. The summed E-state index contributed by atoms with van der Waals surface area (Å²) in [4.78, 5) is 13.9. The predicted octanol–water partition coefficient (Wildman–Crippen LogP) is 5.42. The molecular formula is C27H27NO2. The summed E-state index contributed by atoms with van der Waals surface area (Å²) in [5.74, 6) is 1.41. The third-order valence-electron chi connectivity index (χ3n) is 6.75. The molecule has 3 heteroatoms. The Bertz CT molecular complexity index is 1030. The molecule has 1 fully saturated rings. The maximum absolute atomic E-state index is 11.6. The molecule has 0 radical (unpaired) electrons. The van der Waals surface area contributed by atoms with Gasteiger partial charge >= 0.3 is 0 Å². The lowest BCUT2D eigenvalue weighted by Gasteiger charge is -2.35. The third kappa shape index (κ3) is 3.60. The quantitative estimate of drug-likeness (QED) is 0.641. The van der Waals surface area contributed by atoms with Gasteiger partial charge in [0.15, 0.2) is 0 Å². The van der Waals surface area contributed by atoms with Crippen LogP contribution in [0.4, 0.5) is 5.69 Å². The number of nitrogens with zero attached hydrogens (tertiary/aromatic N) is 1. The second-order valence-corrected chi connectivity index (χ2v) is 8.53. The van der Waals surface area contributed by atoms with Crippen molar-refractivity contribution in [2.45, 2.75) is 37.5 Å². The van der Waals surface area contributed by atoms with Gasteiger partial charge in [-0.25, -0.2) is 0 Å². The fourth-order valence-corrected chi connectivity index (χ4v) is 5.18. The SMILES string of the molecule is O=C1CCN(c2ccc([C@@H]3c4ccc(O)cc4CC[C@@H]3c3ccccc3)cc2)CC1. The first kappa shape index (κ1) is 18.9. The van der Waals surface area contributed by atoms with E-state index in [1.54, 1.807) is 0 Å². The van der Waals surface area contributed by atoms with Crippen LogP contribution in [-0.2, 0) is 11.2 Å². The molecule has 1 saturated heterocycles. The molecule has 3 nitrogen and oxygen atoms in total. The summed E-state index contributed by atoms with van der Waals surface area (Å²) in [5, 5.41) is 10.00. The first-order valence-electron chi connectivity index (χ1n) is 10.9. The summed E-state index contributed by atoms with van der Waals surface area (Å²) in [6.07, 6.45) is 3.36. The predicted molar refractivity (Wildman–Crippen MR) is 120 cm³/mol. The Labute approximate surface area is 178 Å². The van der Waals surface area contributed by atoms with E-state index in [0.29, 0.717) is 30.3 Å². The molecule has 0 saturated carbocycles. The number of aromatic hydroxyl groups is 1. The number of ketones is 1. The van der Waals surface area contributed by atoms with Crippen molar-refractivity contribution in [3.8, 4) is 5.75 Å². The van der Waals surface area contributed by atoms with Gasteiger partial charge in [0, 0.05) is 37.5 Å². The number of phenolic OH excluding ortho intramolecular Hbond substituents is 1. The summed E-state index contributed by atoms with van der Waals surface area (Å²) in [7, 11) is 0. The number of benzene rings is 3. The molecule has 0 amide bonds. The molecule has 30 heavy (non-hydrogen) atoms. The molecular weight excluding hydrogens is 370 g/mol. The van der Waals surface area contributed by atoms with Gasteiger partial charge in [-0.1, -0.05) is 48.5 Å². The molecule has 1 heterocycles. The number of hydrogen-bond donors (Lipinski definition) is 1. The Balaban J connectivity index is 1.51. The average molecular weight is 398 g/mol. The zero-order chi connectivity index (χ0) is 20.5. The molecule has 1 N–H and O–H groups in total. The van der Waals surface area contributed by atoms with E-state index in [9.17, 15) is 9.90 Å². The lowest BCUT2D eigenvalue weighted by Crippen LogP contribution is -2.33. The molecule has 0 bridgehead atoms. The maximum atomic E-state index is 11.6. The summed E-state index contributed by atoms with van der Waals surface area (Å²) in [6.45, 7) is 1.63. The minimum absolute atomic E-state index is 0.272. The van der Waals surface area contributed by atoms with Gasteiger partial charge in [0.25, 0.3) is 0 Å². The van der Waals surface area contributed by atoms with Gasteiger partial charge in [0.05, 0.1) is 0 Å². The molecule has 2 aliphatic rings. The number of rotatable bonds is 3. The van der Waals surface area contributed by atoms with Crippen molar-refractivity contribution in [1.29, 1.82) is 0 Å². The first-order chi connectivity index (χ1) is 14.7. The van der Waals surface area contributed by atoms with E-state index in [4.69, 9.17) is 0 Å². The van der Waals surface area contributed by atoms with Crippen molar-refractivity contribution in [3.63, 3.8) is 0 Å². The van der Waals surface area contributed by atoms with Crippen LogP contribution in [0.25, 0.3) is 0 Å². The molecule has 1 aliphatic heterocycles. The summed E-state index contributed by atoms with van der Waals surface area (Å²) >= 11 is 0. The minimum Gasteiger partial charge on any atom is -0.508 e. The highest BCUT2D eigenvalue weighted by Gasteiger charge is 2.32.